The zero-order valence-corrected chi connectivity index (χ0v) is 8.43. The van der Waals surface area contributed by atoms with Gasteiger partial charge >= 0.3 is 5.97 Å². The molecule has 11 heavy (non-hydrogen) atoms. The highest BCUT2D eigenvalue weighted by Crippen LogP contribution is 2.09. The fourth-order valence-corrected chi connectivity index (χ4v) is 1.35. The van der Waals surface area contributed by atoms with Crippen LogP contribution in [0.15, 0.2) is 12.3 Å². The van der Waals surface area contributed by atoms with Crippen molar-refractivity contribution in [3.8, 4) is 0 Å². The highest BCUT2D eigenvalue weighted by molar-refractivity contribution is 6.70. The summed E-state index contributed by atoms with van der Waals surface area (Å²) < 4.78 is 9.68. The molecule has 0 aliphatic carbocycles. The summed E-state index contributed by atoms with van der Waals surface area (Å²) in [5.74, 6) is -0.390. The van der Waals surface area contributed by atoms with Gasteiger partial charge in [-0.05, 0) is 19.6 Å². The quantitative estimate of drug-likeness (QED) is 0.282. The summed E-state index contributed by atoms with van der Waals surface area (Å²) in [5, 5.41) is 0. The van der Waals surface area contributed by atoms with Crippen LogP contribution in [0, 0.1) is 0 Å². The summed E-state index contributed by atoms with van der Waals surface area (Å²) in [4.78, 5) is 10.8. The van der Waals surface area contributed by atoms with Gasteiger partial charge < -0.3 is 9.16 Å². The van der Waals surface area contributed by atoms with Gasteiger partial charge in [0, 0.05) is 0 Å². The summed E-state index contributed by atoms with van der Waals surface area (Å²) in [7, 11) is -0.393. The fourth-order valence-electron chi connectivity index (χ4n) is 0.525. The first kappa shape index (κ1) is 10.2. The van der Waals surface area contributed by atoms with Crippen molar-refractivity contribution >= 4 is 14.3 Å². The number of carbonyl (C=O) groups excluding carboxylic acids is 1. The summed E-state index contributed by atoms with van der Waals surface area (Å²) in [6.07, 6.45) is 0. The van der Waals surface area contributed by atoms with Crippen molar-refractivity contribution in [2.75, 3.05) is 7.11 Å². The SMILES string of the molecule is C=C(O[Si](C)(C)C)C(=O)OC. The molecule has 0 spiro atoms. The van der Waals surface area contributed by atoms with Crippen molar-refractivity contribution in [2.45, 2.75) is 19.6 Å². The minimum absolute atomic E-state index is 0.103. The van der Waals surface area contributed by atoms with E-state index >= 15 is 0 Å². The van der Waals surface area contributed by atoms with Gasteiger partial charge in [-0.1, -0.05) is 6.58 Å². The van der Waals surface area contributed by atoms with Crippen LogP contribution in [0.25, 0.3) is 0 Å². The van der Waals surface area contributed by atoms with Crippen molar-refractivity contribution in [1.82, 2.24) is 0 Å². The molecule has 4 heteroatoms. The molecule has 0 radical (unpaired) electrons. The zero-order valence-electron chi connectivity index (χ0n) is 7.43. The summed E-state index contributed by atoms with van der Waals surface area (Å²) in [6, 6.07) is 0. The molecule has 0 aromatic carbocycles. The van der Waals surface area contributed by atoms with Crippen LogP contribution in [0.5, 0.6) is 0 Å². The third-order valence-corrected chi connectivity index (χ3v) is 1.70. The van der Waals surface area contributed by atoms with Crippen molar-refractivity contribution in [2.24, 2.45) is 0 Å². The molecule has 0 N–H and O–H groups in total. The minimum atomic E-state index is -1.70. The second-order valence-corrected chi connectivity index (χ2v) is 7.56. The number of rotatable bonds is 3. The summed E-state index contributed by atoms with van der Waals surface area (Å²) in [5.41, 5.74) is 0. The van der Waals surface area contributed by atoms with E-state index in [9.17, 15) is 4.79 Å². The molecule has 0 heterocycles. The van der Waals surface area contributed by atoms with Crippen LogP contribution in [0.2, 0.25) is 19.6 Å². The van der Waals surface area contributed by atoms with E-state index in [0.29, 0.717) is 0 Å². The van der Waals surface area contributed by atoms with E-state index in [2.05, 4.69) is 11.3 Å². The first-order valence-electron chi connectivity index (χ1n) is 3.33. The number of esters is 1. The van der Waals surface area contributed by atoms with Gasteiger partial charge in [0.05, 0.1) is 7.11 Å². The molecule has 0 aromatic rings. The van der Waals surface area contributed by atoms with Gasteiger partial charge in [0.1, 0.15) is 0 Å². The van der Waals surface area contributed by atoms with Gasteiger partial charge in [-0.2, -0.15) is 0 Å². The first-order valence-corrected chi connectivity index (χ1v) is 6.74. The molecule has 0 saturated carbocycles. The van der Waals surface area contributed by atoms with Crippen LogP contribution >= 0.6 is 0 Å². The van der Waals surface area contributed by atoms with Gasteiger partial charge in [0.15, 0.2) is 5.76 Å². The van der Waals surface area contributed by atoms with E-state index in [4.69, 9.17) is 4.43 Å². The standard InChI is InChI=1S/C7H14O3Si/c1-6(7(8)9-2)10-11(3,4)5/h1H2,2-5H3. The molecule has 0 rings (SSSR count). The third-order valence-electron chi connectivity index (χ3n) is 0.842. The normalized spacial score (nSPS) is 10.5. The summed E-state index contributed by atoms with van der Waals surface area (Å²) >= 11 is 0. The number of methoxy groups -OCH3 is 1. The molecular formula is C7H14O3Si. The van der Waals surface area contributed by atoms with Crippen LogP contribution in [-0.4, -0.2) is 21.4 Å². The van der Waals surface area contributed by atoms with Crippen molar-refractivity contribution in [1.29, 1.82) is 0 Å². The van der Waals surface area contributed by atoms with Crippen LogP contribution in [0.1, 0.15) is 0 Å². The molecule has 64 valence electrons. The maximum absolute atomic E-state index is 10.8. The Morgan fingerprint density at radius 1 is 1.36 bits per heavy atom. The minimum Gasteiger partial charge on any atom is -0.540 e. The Balaban J connectivity index is 3.99. The number of ether oxygens (including phenoxy) is 1. The lowest BCUT2D eigenvalue weighted by molar-refractivity contribution is -0.138. The third kappa shape index (κ3) is 4.61. The van der Waals surface area contributed by atoms with E-state index < -0.39 is 14.3 Å². The molecule has 0 saturated heterocycles. The average molecular weight is 174 g/mol. The molecule has 0 atom stereocenters. The average Bonchev–Trinajstić information content (AvgIpc) is 1.82. The lowest BCUT2D eigenvalue weighted by Gasteiger charge is -2.18. The van der Waals surface area contributed by atoms with Gasteiger partial charge in [-0.25, -0.2) is 4.79 Å². The second kappa shape index (κ2) is 3.57. The zero-order chi connectivity index (χ0) is 9.07. The maximum atomic E-state index is 10.8. The Morgan fingerprint density at radius 3 is 2.09 bits per heavy atom. The molecule has 3 nitrogen and oxygen atoms in total. The van der Waals surface area contributed by atoms with E-state index in [-0.39, 0.29) is 5.76 Å². The Bertz CT molecular complexity index is 169. The lowest BCUT2D eigenvalue weighted by Crippen LogP contribution is -2.27. The smallest absolute Gasteiger partial charge is 0.371 e. The van der Waals surface area contributed by atoms with Crippen molar-refractivity contribution < 1.29 is 14.0 Å². The highest BCUT2D eigenvalue weighted by Gasteiger charge is 2.20. The molecule has 0 amide bonds. The molecule has 0 aliphatic heterocycles. The van der Waals surface area contributed by atoms with Crippen molar-refractivity contribution in [3.05, 3.63) is 12.3 Å². The Morgan fingerprint density at radius 2 is 1.82 bits per heavy atom. The number of hydrogen-bond donors (Lipinski definition) is 0. The maximum Gasteiger partial charge on any atom is 0.371 e. The molecule has 0 fully saturated rings. The molecule has 0 aliphatic rings. The molecular weight excluding hydrogens is 160 g/mol. The Kier molecular flexibility index (Phi) is 3.32. The predicted octanol–water partition coefficient (Wildman–Crippen LogP) is 1.52. The van der Waals surface area contributed by atoms with Crippen LogP contribution in [-0.2, 0) is 14.0 Å². The van der Waals surface area contributed by atoms with E-state index in [0.717, 1.165) is 0 Å². The summed E-state index contributed by atoms with van der Waals surface area (Å²) in [6.45, 7) is 9.37. The van der Waals surface area contributed by atoms with E-state index in [1.54, 1.807) is 0 Å². The lowest BCUT2D eigenvalue weighted by atomic mass is 10.6. The number of carbonyl (C=O) groups is 1. The van der Waals surface area contributed by atoms with Crippen LogP contribution < -0.4 is 0 Å². The second-order valence-electron chi connectivity index (χ2n) is 3.13. The Labute approximate surface area is 68.1 Å². The molecule has 0 bridgehead atoms. The van der Waals surface area contributed by atoms with Crippen molar-refractivity contribution in [3.63, 3.8) is 0 Å². The largest absolute Gasteiger partial charge is 0.540 e. The topological polar surface area (TPSA) is 35.5 Å². The van der Waals surface area contributed by atoms with Crippen LogP contribution in [0.3, 0.4) is 0 Å². The van der Waals surface area contributed by atoms with E-state index in [1.807, 2.05) is 19.6 Å². The molecule has 0 aromatic heterocycles. The van der Waals surface area contributed by atoms with Gasteiger partial charge in [0.25, 0.3) is 0 Å². The Hall–Kier alpha value is -0.773. The van der Waals surface area contributed by atoms with Gasteiger partial charge in [-0.3, -0.25) is 0 Å². The predicted molar refractivity (Wildman–Crippen MR) is 45.6 cm³/mol. The van der Waals surface area contributed by atoms with Gasteiger partial charge in [0.2, 0.25) is 8.32 Å². The fraction of sp³-hybridized carbons (Fsp3) is 0.571. The first-order chi connectivity index (χ1) is 4.87. The number of hydrogen-bond acceptors (Lipinski definition) is 3. The van der Waals surface area contributed by atoms with Gasteiger partial charge in [-0.15, -0.1) is 0 Å². The van der Waals surface area contributed by atoms with Crippen LogP contribution in [0.4, 0.5) is 0 Å². The monoisotopic (exact) mass is 174 g/mol. The van der Waals surface area contributed by atoms with E-state index in [1.165, 1.54) is 7.11 Å². The molecule has 0 unspecified atom stereocenters. The highest BCUT2D eigenvalue weighted by atomic mass is 28.4.